The number of rotatable bonds is 3. The van der Waals surface area contributed by atoms with Crippen LogP contribution in [0.1, 0.15) is 57.4 Å². The van der Waals surface area contributed by atoms with E-state index in [1.54, 1.807) is 17.7 Å². The molecule has 1 aromatic heterocycles. The van der Waals surface area contributed by atoms with Crippen molar-refractivity contribution in [2.24, 2.45) is 18.0 Å². The van der Waals surface area contributed by atoms with Crippen molar-refractivity contribution in [3.63, 3.8) is 0 Å². The van der Waals surface area contributed by atoms with Gasteiger partial charge in [-0.25, -0.2) is 9.38 Å². The number of halogens is 1. The third kappa shape index (κ3) is 3.40. The van der Waals surface area contributed by atoms with Crippen LogP contribution in [-0.2, 0) is 22.0 Å². The molecule has 0 spiro atoms. The number of nitrogens with zero attached hydrogens (tertiary/aromatic N) is 3. The van der Waals surface area contributed by atoms with E-state index in [9.17, 15) is 9.18 Å². The fourth-order valence-corrected chi connectivity index (χ4v) is 3.75. The number of carbonyl (C=O) groups is 1. The van der Waals surface area contributed by atoms with E-state index >= 15 is 0 Å². The average Bonchev–Trinajstić information content (AvgIpc) is 2.90. The molecule has 27 heavy (non-hydrogen) atoms. The highest BCUT2D eigenvalue weighted by Crippen LogP contribution is 2.47. The Morgan fingerprint density at radius 3 is 2.63 bits per heavy atom. The van der Waals surface area contributed by atoms with Gasteiger partial charge in [0.1, 0.15) is 11.7 Å². The van der Waals surface area contributed by atoms with Crippen LogP contribution >= 0.6 is 0 Å². The van der Waals surface area contributed by atoms with Gasteiger partial charge in [-0.15, -0.1) is 0 Å². The van der Waals surface area contributed by atoms with Crippen LogP contribution < -0.4 is 0 Å². The normalized spacial score (nSPS) is 19.4. The van der Waals surface area contributed by atoms with Crippen molar-refractivity contribution >= 4 is 17.5 Å². The molecule has 1 aliphatic rings. The van der Waals surface area contributed by atoms with Crippen molar-refractivity contribution < 1.29 is 13.9 Å². The molecule has 0 fully saturated rings. The summed E-state index contributed by atoms with van der Waals surface area (Å²) in [6, 6.07) is 6.41. The second-order valence-corrected chi connectivity index (χ2v) is 7.98. The minimum absolute atomic E-state index is 0.253. The molecule has 0 radical (unpaired) electrons. The van der Waals surface area contributed by atoms with Crippen molar-refractivity contribution in [2.75, 3.05) is 6.61 Å². The predicted octanol–water partition coefficient (Wildman–Crippen LogP) is 4.27. The predicted molar refractivity (Wildman–Crippen MR) is 103 cm³/mol. The standard InChI is InChI=1S/C21H26FN3O2/c1-7-27-20(26)15-12(2)23-19-17(18(21(3,4)5)24-25(19)6)16(15)13-9-8-10-14(22)11-13/h8-11,15-16H,7H2,1-6H3. The summed E-state index contributed by atoms with van der Waals surface area (Å²) in [6.07, 6.45) is 0. The maximum Gasteiger partial charge on any atom is 0.315 e. The zero-order valence-corrected chi connectivity index (χ0v) is 16.7. The molecule has 1 aromatic carbocycles. The maximum atomic E-state index is 14.0. The van der Waals surface area contributed by atoms with Gasteiger partial charge in [-0.1, -0.05) is 32.9 Å². The van der Waals surface area contributed by atoms with Gasteiger partial charge in [-0.2, -0.15) is 5.10 Å². The lowest BCUT2D eigenvalue weighted by molar-refractivity contribution is -0.146. The summed E-state index contributed by atoms with van der Waals surface area (Å²) < 4.78 is 21.1. The number of benzene rings is 1. The van der Waals surface area contributed by atoms with Gasteiger partial charge >= 0.3 is 5.97 Å². The van der Waals surface area contributed by atoms with Crippen LogP contribution in [0.25, 0.3) is 0 Å². The highest BCUT2D eigenvalue weighted by Gasteiger charge is 2.43. The first-order chi connectivity index (χ1) is 12.6. The summed E-state index contributed by atoms with van der Waals surface area (Å²) >= 11 is 0. The molecule has 2 aromatic rings. The summed E-state index contributed by atoms with van der Waals surface area (Å²) in [6.45, 7) is 10.1. The highest BCUT2D eigenvalue weighted by molar-refractivity contribution is 6.05. The number of hydrogen-bond acceptors (Lipinski definition) is 4. The van der Waals surface area contributed by atoms with Gasteiger partial charge in [0.2, 0.25) is 0 Å². The first-order valence-corrected chi connectivity index (χ1v) is 9.19. The lowest BCUT2D eigenvalue weighted by atomic mass is 9.73. The fraction of sp³-hybridized carbons (Fsp3) is 0.476. The molecular formula is C21H26FN3O2. The van der Waals surface area contributed by atoms with Crippen LogP contribution in [0.3, 0.4) is 0 Å². The van der Waals surface area contributed by atoms with Gasteiger partial charge in [0.15, 0.2) is 5.82 Å². The largest absolute Gasteiger partial charge is 0.465 e. The van der Waals surface area contributed by atoms with Crippen molar-refractivity contribution in [1.82, 2.24) is 9.78 Å². The molecule has 5 nitrogen and oxygen atoms in total. The zero-order valence-electron chi connectivity index (χ0n) is 16.7. The first-order valence-electron chi connectivity index (χ1n) is 9.19. The Labute approximate surface area is 159 Å². The molecule has 0 amide bonds. The van der Waals surface area contributed by atoms with Crippen molar-refractivity contribution in [2.45, 2.75) is 46.0 Å². The highest BCUT2D eigenvalue weighted by atomic mass is 19.1. The number of ether oxygens (including phenoxy) is 1. The fourth-order valence-electron chi connectivity index (χ4n) is 3.75. The molecule has 3 rings (SSSR count). The van der Waals surface area contributed by atoms with E-state index in [1.165, 1.54) is 12.1 Å². The van der Waals surface area contributed by atoms with E-state index in [2.05, 4.69) is 25.8 Å². The second-order valence-electron chi connectivity index (χ2n) is 7.98. The number of hydrogen-bond donors (Lipinski definition) is 0. The molecule has 0 bridgehead atoms. The number of aliphatic imine (C=N–C) groups is 1. The SMILES string of the molecule is CCOC(=O)C1C(C)=Nc2c(c(C(C)(C)C)nn2C)C1c1cccc(F)c1. The summed E-state index contributed by atoms with van der Waals surface area (Å²) in [4.78, 5) is 17.5. The van der Waals surface area contributed by atoms with E-state index < -0.39 is 11.8 Å². The van der Waals surface area contributed by atoms with E-state index in [-0.39, 0.29) is 23.8 Å². The van der Waals surface area contributed by atoms with Gasteiger partial charge in [-0.05, 0) is 31.5 Å². The molecule has 144 valence electrons. The molecule has 1 aliphatic heterocycles. The number of carbonyl (C=O) groups excluding carboxylic acids is 1. The van der Waals surface area contributed by atoms with Crippen LogP contribution in [-0.4, -0.2) is 28.1 Å². The molecular weight excluding hydrogens is 345 g/mol. The Kier molecular flexibility index (Phi) is 4.93. The molecule has 0 saturated carbocycles. The van der Waals surface area contributed by atoms with Gasteiger partial charge in [-0.3, -0.25) is 9.48 Å². The third-order valence-corrected chi connectivity index (χ3v) is 4.89. The van der Waals surface area contributed by atoms with Crippen molar-refractivity contribution in [3.05, 3.63) is 46.9 Å². The Hall–Kier alpha value is -2.50. The Bertz CT molecular complexity index is 909. The molecule has 2 heterocycles. The quantitative estimate of drug-likeness (QED) is 0.757. The number of aromatic nitrogens is 2. The van der Waals surface area contributed by atoms with Gasteiger partial charge in [0.25, 0.3) is 0 Å². The summed E-state index contributed by atoms with van der Waals surface area (Å²) in [5.74, 6) is -0.965. The van der Waals surface area contributed by atoms with Crippen LogP contribution in [0, 0.1) is 11.7 Å². The average molecular weight is 371 g/mol. The van der Waals surface area contributed by atoms with Crippen LogP contribution in [0.15, 0.2) is 29.3 Å². The lowest BCUT2D eigenvalue weighted by Gasteiger charge is -2.31. The van der Waals surface area contributed by atoms with Crippen LogP contribution in [0.5, 0.6) is 0 Å². The summed E-state index contributed by atoms with van der Waals surface area (Å²) in [5, 5.41) is 4.70. The number of esters is 1. The summed E-state index contributed by atoms with van der Waals surface area (Å²) in [5.41, 5.74) is 2.86. The van der Waals surface area contributed by atoms with Crippen LogP contribution in [0.4, 0.5) is 10.2 Å². The molecule has 0 aliphatic carbocycles. The van der Waals surface area contributed by atoms with Gasteiger partial charge in [0, 0.05) is 29.7 Å². The monoisotopic (exact) mass is 371 g/mol. The first kappa shape index (κ1) is 19.3. The lowest BCUT2D eigenvalue weighted by Crippen LogP contribution is -2.34. The summed E-state index contributed by atoms with van der Waals surface area (Å²) in [7, 11) is 1.85. The number of fused-ring (bicyclic) bond motifs is 1. The molecule has 2 atom stereocenters. The minimum Gasteiger partial charge on any atom is -0.465 e. The van der Waals surface area contributed by atoms with Gasteiger partial charge < -0.3 is 4.74 Å². The van der Waals surface area contributed by atoms with Crippen molar-refractivity contribution in [3.8, 4) is 0 Å². The molecule has 0 saturated heterocycles. The van der Waals surface area contributed by atoms with E-state index in [0.717, 1.165) is 16.8 Å². The third-order valence-electron chi connectivity index (χ3n) is 4.89. The topological polar surface area (TPSA) is 56.5 Å². The molecule has 2 unspecified atom stereocenters. The maximum absolute atomic E-state index is 14.0. The van der Waals surface area contributed by atoms with E-state index in [1.807, 2.05) is 20.0 Å². The van der Waals surface area contributed by atoms with Crippen LogP contribution in [0.2, 0.25) is 0 Å². The minimum atomic E-state index is -0.607. The zero-order chi connectivity index (χ0) is 19.9. The smallest absolute Gasteiger partial charge is 0.315 e. The molecule has 0 N–H and O–H groups in total. The Balaban J connectivity index is 2.30. The Morgan fingerprint density at radius 2 is 2.04 bits per heavy atom. The van der Waals surface area contributed by atoms with Gasteiger partial charge in [0.05, 0.1) is 12.3 Å². The Morgan fingerprint density at radius 1 is 1.33 bits per heavy atom. The molecule has 6 heteroatoms. The van der Waals surface area contributed by atoms with Crippen molar-refractivity contribution in [1.29, 1.82) is 0 Å². The van der Waals surface area contributed by atoms with E-state index in [0.29, 0.717) is 11.5 Å². The van der Waals surface area contributed by atoms with E-state index in [4.69, 9.17) is 9.84 Å². The number of aryl methyl sites for hydroxylation is 1. The second kappa shape index (κ2) is 6.91.